The van der Waals surface area contributed by atoms with E-state index in [0.29, 0.717) is 16.7 Å². The van der Waals surface area contributed by atoms with Crippen LogP contribution >= 0.6 is 11.3 Å². The monoisotopic (exact) mass is 310 g/mol. The maximum absolute atomic E-state index is 12.6. The van der Waals surface area contributed by atoms with Crippen molar-refractivity contribution < 1.29 is 9.53 Å². The number of carbonyl (C=O) groups excluding carboxylic acids is 1. The Morgan fingerprint density at radius 3 is 2.71 bits per heavy atom. The van der Waals surface area contributed by atoms with E-state index >= 15 is 0 Å². The lowest BCUT2D eigenvalue weighted by Gasteiger charge is -2.30. The summed E-state index contributed by atoms with van der Waals surface area (Å²) in [6.45, 7) is 1.43. The number of nitrogens with one attached hydrogen (secondary N) is 1. The zero-order valence-electron chi connectivity index (χ0n) is 12.3. The Labute approximate surface area is 128 Å². The Bertz CT molecular complexity index is 509. The number of nitrogens with zero attached hydrogens (tertiary/aromatic N) is 2. The number of nitrogen functional groups attached to an aromatic ring is 1. The molecule has 0 unspecified atom stereocenters. The van der Waals surface area contributed by atoms with Crippen LogP contribution in [0.15, 0.2) is 0 Å². The molecule has 2 aliphatic rings. The minimum atomic E-state index is -0.0291. The first kappa shape index (κ1) is 14.6. The molecule has 116 valence electrons. The number of aromatic nitrogens is 1. The van der Waals surface area contributed by atoms with Gasteiger partial charge in [0.05, 0.1) is 0 Å². The Hall–Kier alpha value is -1.34. The van der Waals surface area contributed by atoms with Crippen LogP contribution in [0, 0.1) is 0 Å². The number of anilines is 2. The molecule has 1 saturated heterocycles. The largest absolute Gasteiger partial charge is 0.382 e. The summed E-state index contributed by atoms with van der Waals surface area (Å²) >= 11 is 1.37. The van der Waals surface area contributed by atoms with Gasteiger partial charge in [0.25, 0.3) is 5.91 Å². The highest BCUT2D eigenvalue weighted by atomic mass is 32.1. The van der Waals surface area contributed by atoms with Crippen LogP contribution in [0.25, 0.3) is 0 Å². The van der Waals surface area contributed by atoms with Crippen molar-refractivity contribution in [1.29, 1.82) is 0 Å². The molecule has 1 aliphatic heterocycles. The molecule has 1 saturated carbocycles. The third kappa shape index (κ3) is 3.13. The fourth-order valence-corrected chi connectivity index (χ4v) is 3.62. The Morgan fingerprint density at radius 1 is 1.38 bits per heavy atom. The lowest BCUT2D eigenvalue weighted by Crippen LogP contribution is -2.40. The highest BCUT2D eigenvalue weighted by Crippen LogP contribution is 2.30. The molecule has 7 heteroatoms. The standard InChI is InChI=1S/C14H22N4O2S/c1-18(10-5-7-20-8-6-10)13(19)11-12(15)17-14(21-11)16-9-3-2-4-9/h9-10H,2-8,15H2,1H3,(H,16,17). The van der Waals surface area contributed by atoms with Gasteiger partial charge in [-0.25, -0.2) is 4.98 Å². The van der Waals surface area contributed by atoms with Crippen molar-refractivity contribution in [1.82, 2.24) is 9.88 Å². The lowest BCUT2D eigenvalue weighted by atomic mass is 9.93. The molecule has 1 amide bonds. The predicted molar refractivity (Wildman–Crippen MR) is 83.7 cm³/mol. The van der Waals surface area contributed by atoms with E-state index in [1.54, 1.807) is 4.90 Å². The number of thiazole rings is 1. The second kappa shape index (κ2) is 6.19. The molecule has 1 aromatic heterocycles. The van der Waals surface area contributed by atoms with E-state index in [9.17, 15) is 4.79 Å². The molecule has 6 nitrogen and oxygen atoms in total. The summed E-state index contributed by atoms with van der Waals surface area (Å²) in [5.74, 6) is 0.310. The molecule has 2 fully saturated rings. The van der Waals surface area contributed by atoms with E-state index in [1.165, 1.54) is 30.6 Å². The zero-order chi connectivity index (χ0) is 14.8. The minimum absolute atomic E-state index is 0.0291. The number of nitrogens with two attached hydrogens (primary N) is 1. The molecule has 1 aliphatic carbocycles. The SMILES string of the molecule is CN(C(=O)c1sc(NC2CCC2)nc1N)C1CCOCC1. The predicted octanol–water partition coefficient (Wildman–Crippen LogP) is 1.94. The molecule has 0 aromatic carbocycles. The molecule has 3 rings (SSSR count). The quantitative estimate of drug-likeness (QED) is 0.888. The summed E-state index contributed by atoms with van der Waals surface area (Å²) in [5, 5.41) is 4.11. The normalized spacial score (nSPS) is 20.0. The van der Waals surface area contributed by atoms with Crippen molar-refractivity contribution in [2.45, 2.75) is 44.2 Å². The molecule has 0 bridgehead atoms. The lowest BCUT2D eigenvalue weighted by molar-refractivity contribution is 0.0365. The minimum Gasteiger partial charge on any atom is -0.382 e. The smallest absolute Gasteiger partial charge is 0.267 e. The third-order valence-electron chi connectivity index (χ3n) is 4.34. The number of ether oxygens (including phenoxy) is 1. The van der Waals surface area contributed by atoms with Gasteiger partial charge in [0.2, 0.25) is 0 Å². The van der Waals surface area contributed by atoms with Crippen LogP contribution in [0.2, 0.25) is 0 Å². The fraction of sp³-hybridized carbons (Fsp3) is 0.714. The van der Waals surface area contributed by atoms with Crippen LogP contribution in [0.4, 0.5) is 10.9 Å². The van der Waals surface area contributed by atoms with Gasteiger partial charge in [0.1, 0.15) is 10.7 Å². The van der Waals surface area contributed by atoms with E-state index in [2.05, 4.69) is 10.3 Å². The van der Waals surface area contributed by atoms with E-state index in [4.69, 9.17) is 10.5 Å². The molecule has 3 N–H and O–H groups in total. The second-order valence-corrected chi connectivity index (χ2v) is 6.76. The first-order valence-electron chi connectivity index (χ1n) is 7.53. The topological polar surface area (TPSA) is 80.5 Å². The number of hydrogen-bond acceptors (Lipinski definition) is 6. The molecule has 21 heavy (non-hydrogen) atoms. The van der Waals surface area contributed by atoms with Gasteiger partial charge in [-0.3, -0.25) is 4.79 Å². The third-order valence-corrected chi connectivity index (χ3v) is 5.33. The summed E-state index contributed by atoms with van der Waals surface area (Å²) in [4.78, 5) is 19.2. The van der Waals surface area contributed by atoms with Crippen molar-refractivity contribution in [3.05, 3.63) is 4.88 Å². The average molecular weight is 310 g/mol. The number of rotatable bonds is 4. The molecule has 0 spiro atoms. The van der Waals surface area contributed by atoms with Crippen LogP contribution in [-0.2, 0) is 4.74 Å². The van der Waals surface area contributed by atoms with E-state index in [1.807, 2.05) is 7.05 Å². The maximum Gasteiger partial charge on any atom is 0.267 e. The number of hydrogen-bond donors (Lipinski definition) is 2. The van der Waals surface area contributed by atoms with E-state index in [0.717, 1.165) is 31.2 Å². The Balaban J connectivity index is 1.67. The van der Waals surface area contributed by atoms with Crippen LogP contribution in [-0.4, -0.2) is 48.1 Å². The van der Waals surface area contributed by atoms with Gasteiger partial charge in [-0.2, -0.15) is 0 Å². The first-order valence-corrected chi connectivity index (χ1v) is 8.34. The number of carbonyl (C=O) groups is 1. The molecular weight excluding hydrogens is 288 g/mol. The highest BCUT2D eigenvalue weighted by molar-refractivity contribution is 7.18. The molecule has 2 heterocycles. The van der Waals surface area contributed by atoms with Crippen LogP contribution < -0.4 is 11.1 Å². The van der Waals surface area contributed by atoms with Crippen LogP contribution in [0.1, 0.15) is 41.8 Å². The van der Waals surface area contributed by atoms with Crippen molar-refractivity contribution in [3.63, 3.8) is 0 Å². The van der Waals surface area contributed by atoms with Crippen molar-refractivity contribution >= 4 is 28.2 Å². The van der Waals surface area contributed by atoms with Crippen molar-refractivity contribution in [2.75, 3.05) is 31.3 Å². The summed E-state index contributed by atoms with van der Waals surface area (Å²) in [6, 6.07) is 0.725. The zero-order valence-corrected chi connectivity index (χ0v) is 13.1. The Kier molecular flexibility index (Phi) is 4.30. The molecular formula is C14H22N4O2S. The van der Waals surface area contributed by atoms with Gasteiger partial charge in [0.15, 0.2) is 5.13 Å². The van der Waals surface area contributed by atoms with Crippen LogP contribution in [0.3, 0.4) is 0 Å². The summed E-state index contributed by atoms with van der Waals surface area (Å²) in [5.41, 5.74) is 5.93. The van der Waals surface area contributed by atoms with Gasteiger partial charge in [-0.1, -0.05) is 11.3 Å². The number of amides is 1. The van der Waals surface area contributed by atoms with Gasteiger partial charge >= 0.3 is 0 Å². The van der Waals surface area contributed by atoms with Crippen molar-refractivity contribution in [2.24, 2.45) is 0 Å². The second-order valence-electron chi connectivity index (χ2n) is 5.77. The molecule has 0 atom stereocenters. The summed E-state index contributed by atoms with van der Waals surface area (Å²) < 4.78 is 5.34. The highest BCUT2D eigenvalue weighted by Gasteiger charge is 2.27. The molecule has 0 radical (unpaired) electrons. The van der Waals surface area contributed by atoms with Crippen LogP contribution in [0.5, 0.6) is 0 Å². The summed E-state index contributed by atoms with van der Waals surface area (Å²) in [7, 11) is 1.84. The average Bonchev–Trinajstić information content (AvgIpc) is 2.83. The van der Waals surface area contributed by atoms with Gasteiger partial charge < -0.3 is 20.7 Å². The van der Waals surface area contributed by atoms with Crippen molar-refractivity contribution in [3.8, 4) is 0 Å². The van der Waals surface area contributed by atoms with Gasteiger partial charge in [-0.15, -0.1) is 0 Å². The Morgan fingerprint density at radius 2 is 2.10 bits per heavy atom. The maximum atomic E-state index is 12.6. The molecule has 1 aromatic rings. The van der Waals surface area contributed by atoms with Gasteiger partial charge in [0, 0.05) is 32.3 Å². The van der Waals surface area contributed by atoms with Gasteiger partial charge in [-0.05, 0) is 32.1 Å². The van der Waals surface area contributed by atoms with E-state index < -0.39 is 0 Å². The van der Waals surface area contributed by atoms with E-state index in [-0.39, 0.29) is 11.9 Å². The summed E-state index contributed by atoms with van der Waals surface area (Å²) in [6.07, 6.45) is 5.37. The fourth-order valence-electron chi connectivity index (χ4n) is 2.67. The first-order chi connectivity index (χ1) is 10.1.